The van der Waals surface area contributed by atoms with Gasteiger partial charge in [0.05, 0.1) is 6.10 Å². The molecule has 0 amide bonds. The van der Waals surface area contributed by atoms with E-state index in [1.807, 2.05) is 0 Å². The van der Waals surface area contributed by atoms with Crippen molar-refractivity contribution in [3.63, 3.8) is 0 Å². The Hall–Kier alpha value is -0.900. The highest BCUT2D eigenvalue weighted by Gasteiger charge is 2.09. The lowest BCUT2D eigenvalue weighted by atomic mass is 10.2. The fraction of sp³-hybridized carbons (Fsp3) is 0.800. The standard InChI is InChI=1S/C10H20N2O2/c1-4-5-6-7-8-12(14)11-9(2)10(3)13/h7-10,13H,4-6H2,1-3H3/b8-7+,12-11?/t9-,10-/m1/s1. The topological polar surface area (TPSA) is 58.7 Å². The fourth-order valence-corrected chi connectivity index (χ4v) is 0.801. The van der Waals surface area contributed by atoms with Crippen molar-refractivity contribution in [1.82, 2.24) is 0 Å². The van der Waals surface area contributed by atoms with Crippen molar-refractivity contribution in [2.45, 2.75) is 52.2 Å². The fourth-order valence-electron chi connectivity index (χ4n) is 0.801. The average Bonchev–Trinajstić information content (AvgIpc) is 2.12. The van der Waals surface area contributed by atoms with Gasteiger partial charge in [-0.1, -0.05) is 18.2 Å². The third kappa shape index (κ3) is 6.60. The Bertz CT molecular complexity index is 200. The van der Waals surface area contributed by atoms with Crippen molar-refractivity contribution in [3.8, 4) is 0 Å². The third-order valence-electron chi connectivity index (χ3n) is 1.95. The molecule has 0 unspecified atom stereocenters. The van der Waals surface area contributed by atoms with Crippen LogP contribution in [-0.2, 0) is 0 Å². The van der Waals surface area contributed by atoms with E-state index in [9.17, 15) is 5.21 Å². The van der Waals surface area contributed by atoms with Crippen LogP contribution in [0.25, 0.3) is 0 Å². The molecule has 4 heteroatoms. The van der Waals surface area contributed by atoms with Crippen LogP contribution >= 0.6 is 0 Å². The molecule has 0 heterocycles. The molecule has 0 bridgehead atoms. The molecule has 0 aromatic rings. The van der Waals surface area contributed by atoms with Gasteiger partial charge in [0.15, 0.2) is 0 Å². The molecule has 1 N–H and O–H groups in total. The number of azo groups is 1. The highest BCUT2D eigenvalue weighted by Crippen LogP contribution is 1.99. The van der Waals surface area contributed by atoms with Crippen molar-refractivity contribution >= 4 is 0 Å². The van der Waals surface area contributed by atoms with Crippen molar-refractivity contribution in [2.24, 2.45) is 5.11 Å². The molecule has 0 aromatic heterocycles. The van der Waals surface area contributed by atoms with Crippen molar-refractivity contribution in [1.29, 1.82) is 0 Å². The summed E-state index contributed by atoms with van der Waals surface area (Å²) in [7, 11) is 0. The average molecular weight is 200 g/mol. The van der Waals surface area contributed by atoms with Crippen LogP contribution in [0.15, 0.2) is 17.4 Å². The van der Waals surface area contributed by atoms with Crippen molar-refractivity contribution in [3.05, 3.63) is 17.5 Å². The van der Waals surface area contributed by atoms with Gasteiger partial charge < -0.3 is 10.3 Å². The van der Waals surface area contributed by atoms with Gasteiger partial charge in [-0.25, -0.2) is 0 Å². The Morgan fingerprint density at radius 3 is 2.64 bits per heavy atom. The van der Waals surface area contributed by atoms with Gasteiger partial charge in [-0.05, 0) is 37.9 Å². The van der Waals surface area contributed by atoms with Crippen LogP contribution in [-0.4, -0.2) is 22.1 Å². The molecule has 0 aromatic carbocycles. The van der Waals surface area contributed by atoms with E-state index in [4.69, 9.17) is 5.11 Å². The molecule has 0 aliphatic rings. The maximum Gasteiger partial charge on any atom is 0.205 e. The highest BCUT2D eigenvalue weighted by molar-refractivity contribution is 4.71. The first kappa shape index (κ1) is 13.1. The molecule has 4 nitrogen and oxygen atoms in total. The predicted molar refractivity (Wildman–Crippen MR) is 55.9 cm³/mol. The number of rotatable bonds is 6. The van der Waals surface area contributed by atoms with Crippen molar-refractivity contribution in [2.75, 3.05) is 0 Å². The van der Waals surface area contributed by atoms with Crippen LogP contribution in [0.4, 0.5) is 0 Å². The van der Waals surface area contributed by atoms with Crippen molar-refractivity contribution < 1.29 is 9.97 Å². The second-order valence-electron chi connectivity index (χ2n) is 3.43. The summed E-state index contributed by atoms with van der Waals surface area (Å²) < 4.78 is 0. The zero-order valence-electron chi connectivity index (χ0n) is 9.18. The highest BCUT2D eigenvalue weighted by atomic mass is 16.5. The zero-order chi connectivity index (χ0) is 11.0. The predicted octanol–water partition coefficient (Wildman–Crippen LogP) is 2.42. The summed E-state index contributed by atoms with van der Waals surface area (Å²) in [6, 6.07) is -0.358. The van der Waals surface area contributed by atoms with Crippen LogP contribution in [0.5, 0.6) is 0 Å². The molecule has 0 aliphatic heterocycles. The number of hydrogen-bond donors (Lipinski definition) is 1. The quantitative estimate of drug-likeness (QED) is 0.310. The Morgan fingerprint density at radius 2 is 2.14 bits per heavy atom. The lowest BCUT2D eigenvalue weighted by molar-refractivity contribution is -0.463. The molecule has 0 aliphatic carbocycles. The van der Waals surface area contributed by atoms with Gasteiger partial charge in [0.1, 0.15) is 6.04 Å². The van der Waals surface area contributed by atoms with Crippen LogP contribution in [0.1, 0.15) is 40.0 Å². The van der Waals surface area contributed by atoms with E-state index in [-0.39, 0.29) is 6.04 Å². The number of hydrogen-bond acceptors (Lipinski definition) is 3. The SMILES string of the molecule is CCCC/C=C/[N+]([O-])=N[C@H](C)[C@@H](C)O. The van der Waals surface area contributed by atoms with E-state index in [2.05, 4.69) is 12.0 Å². The van der Waals surface area contributed by atoms with E-state index in [0.717, 1.165) is 19.3 Å². The van der Waals surface area contributed by atoms with Gasteiger partial charge in [0.25, 0.3) is 0 Å². The Labute approximate surface area is 85.5 Å². The molecule has 14 heavy (non-hydrogen) atoms. The van der Waals surface area contributed by atoms with E-state index in [1.165, 1.54) is 6.20 Å². The first-order valence-electron chi connectivity index (χ1n) is 5.09. The summed E-state index contributed by atoms with van der Waals surface area (Å²) in [5.41, 5.74) is 0. The monoisotopic (exact) mass is 200 g/mol. The third-order valence-corrected chi connectivity index (χ3v) is 1.95. The molecular weight excluding hydrogens is 180 g/mol. The molecule has 0 saturated carbocycles. The first-order chi connectivity index (χ1) is 6.57. The molecule has 0 spiro atoms. The number of allylic oxidation sites excluding steroid dienone is 1. The molecule has 82 valence electrons. The van der Waals surface area contributed by atoms with Gasteiger partial charge in [0.2, 0.25) is 6.20 Å². The van der Waals surface area contributed by atoms with E-state index in [1.54, 1.807) is 19.9 Å². The van der Waals surface area contributed by atoms with Gasteiger partial charge in [-0.3, -0.25) is 0 Å². The number of nitrogens with zero attached hydrogens (tertiary/aromatic N) is 2. The van der Waals surface area contributed by atoms with Gasteiger partial charge in [-0.2, -0.15) is 0 Å². The number of unbranched alkanes of at least 4 members (excludes halogenated alkanes) is 2. The summed E-state index contributed by atoms with van der Waals surface area (Å²) in [6.07, 6.45) is 5.70. The number of hydroxylamine groups is 1. The molecule has 0 fully saturated rings. The second-order valence-corrected chi connectivity index (χ2v) is 3.43. The summed E-state index contributed by atoms with van der Waals surface area (Å²) in [5.74, 6) is 0. The van der Waals surface area contributed by atoms with Gasteiger partial charge >= 0.3 is 0 Å². The molecule has 2 atom stereocenters. The molecular formula is C10H20N2O2. The largest absolute Gasteiger partial charge is 0.595 e. The number of aliphatic hydroxyl groups is 1. The minimum Gasteiger partial charge on any atom is -0.595 e. The minimum atomic E-state index is -0.588. The number of aliphatic hydroxyl groups excluding tert-OH is 1. The van der Waals surface area contributed by atoms with Crippen LogP contribution in [0.3, 0.4) is 0 Å². The maximum atomic E-state index is 11.1. The van der Waals surface area contributed by atoms with E-state index < -0.39 is 6.10 Å². The maximum absolute atomic E-state index is 11.1. The lowest BCUT2D eigenvalue weighted by Gasteiger charge is -2.05. The lowest BCUT2D eigenvalue weighted by Crippen LogP contribution is -2.18. The van der Waals surface area contributed by atoms with Crippen LogP contribution in [0.2, 0.25) is 0 Å². The summed E-state index contributed by atoms with van der Waals surface area (Å²) in [6.45, 7) is 5.42. The Balaban J connectivity index is 3.93. The summed E-state index contributed by atoms with van der Waals surface area (Å²) in [4.78, 5) is 0.521. The summed E-state index contributed by atoms with van der Waals surface area (Å²) in [5, 5.41) is 23.9. The minimum absolute atomic E-state index is 0.358. The Morgan fingerprint density at radius 1 is 1.50 bits per heavy atom. The zero-order valence-corrected chi connectivity index (χ0v) is 9.18. The second kappa shape index (κ2) is 7.50. The van der Waals surface area contributed by atoms with E-state index in [0.29, 0.717) is 4.86 Å². The summed E-state index contributed by atoms with van der Waals surface area (Å²) >= 11 is 0. The van der Waals surface area contributed by atoms with Crippen LogP contribution in [0, 0.1) is 5.21 Å². The van der Waals surface area contributed by atoms with Gasteiger partial charge in [-0.15, -0.1) is 0 Å². The van der Waals surface area contributed by atoms with Crippen LogP contribution < -0.4 is 0 Å². The normalized spacial score (nSPS) is 17.3. The molecule has 0 saturated heterocycles. The smallest absolute Gasteiger partial charge is 0.205 e. The molecule has 0 radical (unpaired) electrons. The van der Waals surface area contributed by atoms with Gasteiger partial charge in [0, 0.05) is 0 Å². The first-order valence-corrected chi connectivity index (χ1v) is 5.09. The Kier molecular flexibility index (Phi) is 7.02. The van der Waals surface area contributed by atoms with E-state index >= 15 is 0 Å². The molecule has 0 rings (SSSR count).